The molecule has 0 fully saturated rings. The van der Waals surface area contributed by atoms with Crippen molar-refractivity contribution >= 4 is 11.6 Å². The summed E-state index contributed by atoms with van der Waals surface area (Å²) in [5.41, 5.74) is 2.68. The topological polar surface area (TPSA) is 36.9 Å². The molecular formula is C15H23N3O. The Hall–Kier alpha value is -1.55. The van der Waals surface area contributed by atoms with Crippen LogP contribution in [0.3, 0.4) is 0 Å². The zero-order valence-electron chi connectivity index (χ0n) is 11.9. The molecule has 0 spiro atoms. The summed E-state index contributed by atoms with van der Waals surface area (Å²) in [6.45, 7) is 5.51. The number of fused-ring (bicyclic) bond motifs is 1. The SMILES string of the molecule is CCOCCCNC(=NC)N1CCc2ccccc21. The zero-order valence-corrected chi connectivity index (χ0v) is 11.9. The molecule has 1 aromatic rings. The van der Waals surface area contributed by atoms with Gasteiger partial charge < -0.3 is 15.0 Å². The van der Waals surface area contributed by atoms with Crippen LogP contribution in [0, 0.1) is 0 Å². The lowest BCUT2D eigenvalue weighted by Gasteiger charge is -2.22. The van der Waals surface area contributed by atoms with Crippen molar-refractivity contribution in [1.82, 2.24) is 5.32 Å². The number of para-hydroxylation sites is 1. The maximum absolute atomic E-state index is 5.34. The number of nitrogens with zero attached hydrogens (tertiary/aromatic N) is 2. The van der Waals surface area contributed by atoms with Crippen molar-refractivity contribution in [3.63, 3.8) is 0 Å². The number of ether oxygens (including phenoxy) is 1. The maximum Gasteiger partial charge on any atom is 0.198 e. The van der Waals surface area contributed by atoms with E-state index in [9.17, 15) is 0 Å². The van der Waals surface area contributed by atoms with Crippen LogP contribution in [0.4, 0.5) is 5.69 Å². The number of benzene rings is 1. The highest BCUT2D eigenvalue weighted by Crippen LogP contribution is 2.27. The quantitative estimate of drug-likeness (QED) is 0.501. The predicted octanol–water partition coefficient (Wildman–Crippen LogP) is 2.05. The van der Waals surface area contributed by atoms with Crippen LogP contribution < -0.4 is 10.2 Å². The van der Waals surface area contributed by atoms with Crippen LogP contribution in [0.5, 0.6) is 0 Å². The first-order chi connectivity index (χ1) is 9.36. The molecule has 1 N–H and O–H groups in total. The van der Waals surface area contributed by atoms with Gasteiger partial charge in [0.25, 0.3) is 0 Å². The number of hydrogen-bond donors (Lipinski definition) is 1. The largest absolute Gasteiger partial charge is 0.382 e. The Labute approximate surface area is 115 Å². The molecule has 0 amide bonds. The first kappa shape index (κ1) is 13.9. The lowest BCUT2D eigenvalue weighted by atomic mass is 10.2. The molecule has 0 aromatic heterocycles. The van der Waals surface area contributed by atoms with Gasteiger partial charge in [-0.3, -0.25) is 4.99 Å². The van der Waals surface area contributed by atoms with Crippen molar-refractivity contribution < 1.29 is 4.74 Å². The van der Waals surface area contributed by atoms with Crippen LogP contribution in [0.2, 0.25) is 0 Å². The molecule has 0 saturated carbocycles. The minimum absolute atomic E-state index is 0.786. The molecule has 1 aliphatic heterocycles. The summed E-state index contributed by atoms with van der Waals surface area (Å²) >= 11 is 0. The smallest absolute Gasteiger partial charge is 0.198 e. The molecule has 4 heteroatoms. The standard InChI is InChI=1S/C15H23N3O/c1-3-19-12-6-10-17-15(16-2)18-11-9-13-7-4-5-8-14(13)18/h4-5,7-8H,3,6,9-12H2,1-2H3,(H,16,17). The van der Waals surface area contributed by atoms with Crippen molar-refractivity contribution in [2.45, 2.75) is 19.8 Å². The van der Waals surface area contributed by atoms with E-state index in [0.717, 1.165) is 45.1 Å². The summed E-state index contributed by atoms with van der Waals surface area (Å²) < 4.78 is 5.34. The van der Waals surface area contributed by atoms with Gasteiger partial charge in [0.1, 0.15) is 0 Å². The van der Waals surface area contributed by atoms with Gasteiger partial charge in [-0.2, -0.15) is 0 Å². The second kappa shape index (κ2) is 7.14. The molecule has 1 aliphatic rings. The summed E-state index contributed by atoms with van der Waals surface area (Å²) in [6.07, 6.45) is 2.10. The van der Waals surface area contributed by atoms with E-state index in [0.29, 0.717) is 0 Å². The van der Waals surface area contributed by atoms with Crippen LogP contribution >= 0.6 is 0 Å². The van der Waals surface area contributed by atoms with Crippen LogP contribution in [0.15, 0.2) is 29.3 Å². The fourth-order valence-corrected chi connectivity index (χ4v) is 2.37. The van der Waals surface area contributed by atoms with Gasteiger partial charge in [0.05, 0.1) is 0 Å². The maximum atomic E-state index is 5.34. The number of rotatable bonds is 5. The summed E-state index contributed by atoms with van der Waals surface area (Å²) in [6, 6.07) is 8.53. The Morgan fingerprint density at radius 1 is 1.42 bits per heavy atom. The molecule has 0 bridgehead atoms. The Morgan fingerprint density at radius 2 is 2.26 bits per heavy atom. The van der Waals surface area contributed by atoms with Crippen molar-refractivity contribution in [1.29, 1.82) is 0 Å². The Balaban J connectivity index is 1.89. The molecule has 1 heterocycles. The van der Waals surface area contributed by atoms with Crippen molar-refractivity contribution in [3.8, 4) is 0 Å². The van der Waals surface area contributed by atoms with Crippen molar-refractivity contribution in [2.24, 2.45) is 4.99 Å². The molecule has 4 nitrogen and oxygen atoms in total. The predicted molar refractivity (Wildman–Crippen MR) is 80.0 cm³/mol. The van der Waals surface area contributed by atoms with Gasteiger partial charge in [-0.15, -0.1) is 0 Å². The number of anilines is 1. The Kier molecular flexibility index (Phi) is 5.21. The molecular weight excluding hydrogens is 238 g/mol. The fraction of sp³-hybridized carbons (Fsp3) is 0.533. The minimum atomic E-state index is 0.786. The first-order valence-corrected chi connectivity index (χ1v) is 7.00. The Bertz CT molecular complexity index is 431. The molecule has 104 valence electrons. The second-order valence-electron chi connectivity index (χ2n) is 4.55. The van der Waals surface area contributed by atoms with Gasteiger partial charge in [0.15, 0.2) is 5.96 Å². The van der Waals surface area contributed by atoms with Gasteiger partial charge in [-0.05, 0) is 31.4 Å². The first-order valence-electron chi connectivity index (χ1n) is 7.00. The number of guanidine groups is 1. The third-order valence-electron chi connectivity index (χ3n) is 3.31. The number of aliphatic imine (C=N–C) groups is 1. The third-order valence-corrected chi connectivity index (χ3v) is 3.31. The summed E-state index contributed by atoms with van der Waals surface area (Å²) in [5.74, 6) is 0.960. The molecule has 0 atom stereocenters. The van der Waals surface area contributed by atoms with E-state index in [-0.39, 0.29) is 0 Å². The highest BCUT2D eigenvalue weighted by atomic mass is 16.5. The molecule has 19 heavy (non-hydrogen) atoms. The third kappa shape index (κ3) is 3.47. The molecule has 0 unspecified atom stereocenters. The minimum Gasteiger partial charge on any atom is -0.382 e. The highest BCUT2D eigenvalue weighted by Gasteiger charge is 2.21. The second-order valence-corrected chi connectivity index (χ2v) is 4.55. The van der Waals surface area contributed by atoms with Crippen LogP contribution in [0.1, 0.15) is 18.9 Å². The van der Waals surface area contributed by atoms with E-state index >= 15 is 0 Å². The van der Waals surface area contributed by atoms with E-state index in [4.69, 9.17) is 4.74 Å². The summed E-state index contributed by atoms with van der Waals surface area (Å²) in [7, 11) is 1.84. The average molecular weight is 261 g/mol. The van der Waals surface area contributed by atoms with E-state index in [2.05, 4.69) is 39.5 Å². The molecule has 1 aromatic carbocycles. The van der Waals surface area contributed by atoms with E-state index < -0.39 is 0 Å². The lowest BCUT2D eigenvalue weighted by Crippen LogP contribution is -2.41. The van der Waals surface area contributed by atoms with Gasteiger partial charge in [-0.25, -0.2) is 0 Å². The lowest BCUT2D eigenvalue weighted by molar-refractivity contribution is 0.145. The monoisotopic (exact) mass is 261 g/mol. The van der Waals surface area contributed by atoms with Gasteiger partial charge in [-0.1, -0.05) is 18.2 Å². The van der Waals surface area contributed by atoms with Crippen LogP contribution in [0.25, 0.3) is 0 Å². The molecule has 0 saturated heterocycles. The van der Waals surface area contributed by atoms with Gasteiger partial charge >= 0.3 is 0 Å². The van der Waals surface area contributed by atoms with Gasteiger partial charge in [0, 0.05) is 39.0 Å². The normalized spacial score (nSPS) is 14.6. The van der Waals surface area contributed by atoms with Crippen molar-refractivity contribution in [2.75, 3.05) is 38.3 Å². The molecule has 0 aliphatic carbocycles. The average Bonchev–Trinajstić information content (AvgIpc) is 2.87. The van der Waals surface area contributed by atoms with E-state index in [1.807, 2.05) is 14.0 Å². The fourth-order valence-electron chi connectivity index (χ4n) is 2.37. The van der Waals surface area contributed by atoms with Crippen LogP contribution in [-0.4, -0.2) is 39.3 Å². The van der Waals surface area contributed by atoms with E-state index in [1.54, 1.807) is 0 Å². The van der Waals surface area contributed by atoms with E-state index in [1.165, 1.54) is 11.3 Å². The highest BCUT2D eigenvalue weighted by molar-refractivity contribution is 5.97. The Morgan fingerprint density at radius 3 is 3.05 bits per heavy atom. The summed E-state index contributed by atoms with van der Waals surface area (Å²) in [5, 5.41) is 3.41. The number of nitrogens with one attached hydrogen (secondary N) is 1. The van der Waals surface area contributed by atoms with Crippen molar-refractivity contribution in [3.05, 3.63) is 29.8 Å². The molecule has 0 radical (unpaired) electrons. The van der Waals surface area contributed by atoms with Gasteiger partial charge in [0.2, 0.25) is 0 Å². The zero-order chi connectivity index (χ0) is 13.5. The van der Waals surface area contributed by atoms with Crippen LogP contribution in [-0.2, 0) is 11.2 Å². The number of hydrogen-bond acceptors (Lipinski definition) is 2. The summed E-state index contributed by atoms with van der Waals surface area (Å²) in [4.78, 5) is 6.64. The molecule has 2 rings (SSSR count).